The van der Waals surface area contributed by atoms with Crippen LogP contribution in [-0.2, 0) is 0 Å². The van der Waals surface area contributed by atoms with E-state index in [9.17, 15) is 9.60 Å². The average molecular weight is 348 g/mol. The topological polar surface area (TPSA) is 96.6 Å². The van der Waals surface area contributed by atoms with Crippen LogP contribution in [-0.4, -0.2) is 38.3 Å². The van der Waals surface area contributed by atoms with E-state index in [2.05, 4.69) is 20.6 Å². The van der Waals surface area contributed by atoms with Crippen LogP contribution in [0.4, 0.5) is 10.2 Å². The summed E-state index contributed by atoms with van der Waals surface area (Å²) in [4.78, 5) is 8.29. The fourth-order valence-corrected chi connectivity index (χ4v) is 3.25. The molecule has 1 unspecified atom stereocenters. The van der Waals surface area contributed by atoms with E-state index in [1.807, 2.05) is 33.9 Å². The number of anilines is 1. The number of rotatable bonds is 2. The average Bonchev–Trinajstić information content (AvgIpc) is 2.58. The normalized spacial score (nSPS) is 23.4. The molecule has 0 aliphatic carbocycles. The molecule has 1 saturated heterocycles. The van der Waals surface area contributed by atoms with Crippen molar-refractivity contribution < 1.29 is 9.60 Å². The minimum Gasteiger partial charge on any atom is -0.313 e. The molecule has 25 heavy (non-hydrogen) atoms. The molecule has 0 amide bonds. The maximum atomic E-state index is 13.2. The molecule has 1 fully saturated rings. The van der Waals surface area contributed by atoms with E-state index < -0.39 is 11.5 Å². The zero-order valence-corrected chi connectivity index (χ0v) is 15.0. The van der Waals surface area contributed by atoms with E-state index in [0.29, 0.717) is 6.42 Å². The number of hydroxylamine groups is 2. The first-order valence-corrected chi connectivity index (χ1v) is 8.26. The molecule has 1 aromatic rings. The van der Waals surface area contributed by atoms with Gasteiger partial charge in [0.25, 0.3) is 0 Å². The third kappa shape index (κ3) is 4.87. The molecule has 0 bridgehead atoms. The third-order valence-electron chi connectivity index (χ3n) is 4.42. The molecule has 7 nitrogen and oxygen atoms in total. The Morgan fingerprint density at radius 2 is 2.12 bits per heavy atom. The Bertz CT molecular complexity index is 682. The molecule has 0 radical (unpaired) electrons. The number of hydrogen-bond donors (Lipinski definition) is 3. The van der Waals surface area contributed by atoms with Crippen molar-refractivity contribution in [1.29, 1.82) is 5.26 Å². The lowest BCUT2D eigenvalue weighted by Gasteiger charge is -2.42. The molecule has 0 saturated carbocycles. The molecule has 1 aromatic heterocycles. The van der Waals surface area contributed by atoms with Gasteiger partial charge >= 0.3 is 0 Å². The lowest BCUT2D eigenvalue weighted by Crippen LogP contribution is -2.52. The predicted octanol–water partition coefficient (Wildman–Crippen LogP) is 2.86. The second-order valence-corrected chi connectivity index (χ2v) is 7.52. The molecule has 2 heterocycles. The van der Waals surface area contributed by atoms with Gasteiger partial charge in [-0.25, -0.2) is 9.98 Å². The number of halogens is 1. The van der Waals surface area contributed by atoms with Gasteiger partial charge < -0.3 is 10.5 Å². The molecule has 1 aliphatic heterocycles. The maximum Gasteiger partial charge on any atom is 0.214 e. The number of aromatic nitrogens is 1. The summed E-state index contributed by atoms with van der Waals surface area (Å²) in [5.74, 6) is -0.140. The Morgan fingerprint density at radius 3 is 2.76 bits per heavy atom. The van der Waals surface area contributed by atoms with Crippen molar-refractivity contribution in [2.75, 3.05) is 5.32 Å². The largest absolute Gasteiger partial charge is 0.313 e. The van der Waals surface area contributed by atoms with Crippen molar-refractivity contribution in [1.82, 2.24) is 15.4 Å². The van der Waals surface area contributed by atoms with E-state index in [4.69, 9.17) is 5.26 Å². The highest BCUT2D eigenvalue weighted by Crippen LogP contribution is 2.36. The van der Waals surface area contributed by atoms with Gasteiger partial charge in [-0.15, -0.1) is 0 Å². The summed E-state index contributed by atoms with van der Waals surface area (Å²) < 4.78 is 13.2. The highest BCUT2D eigenvalue weighted by Gasteiger charge is 2.41. The van der Waals surface area contributed by atoms with Gasteiger partial charge in [-0.05, 0) is 59.1 Å². The summed E-state index contributed by atoms with van der Waals surface area (Å²) in [6, 6.07) is 4.25. The highest BCUT2D eigenvalue weighted by atomic mass is 19.1. The van der Waals surface area contributed by atoms with Crippen molar-refractivity contribution in [3.05, 3.63) is 24.1 Å². The summed E-state index contributed by atoms with van der Waals surface area (Å²) >= 11 is 0. The molecular formula is C17H25FN6O. The van der Waals surface area contributed by atoms with E-state index in [1.54, 1.807) is 6.07 Å². The highest BCUT2D eigenvalue weighted by molar-refractivity contribution is 5.93. The number of aliphatic imine (C=N–C) groups is 1. The van der Waals surface area contributed by atoms with Crippen molar-refractivity contribution >= 4 is 11.8 Å². The lowest BCUT2D eigenvalue weighted by molar-refractivity contribution is -0.221. The van der Waals surface area contributed by atoms with Crippen LogP contribution in [0.25, 0.3) is 0 Å². The van der Waals surface area contributed by atoms with Gasteiger partial charge in [-0.2, -0.15) is 14.7 Å². The van der Waals surface area contributed by atoms with Gasteiger partial charge in [0.05, 0.1) is 6.04 Å². The van der Waals surface area contributed by atoms with Crippen LogP contribution in [0.2, 0.25) is 0 Å². The summed E-state index contributed by atoms with van der Waals surface area (Å²) in [6.07, 6.45) is 3.94. The van der Waals surface area contributed by atoms with Crippen molar-refractivity contribution in [3.63, 3.8) is 0 Å². The first-order chi connectivity index (χ1) is 11.6. The van der Waals surface area contributed by atoms with Crippen LogP contribution in [0.1, 0.15) is 47.0 Å². The van der Waals surface area contributed by atoms with E-state index in [1.165, 1.54) is 17.2 Å². The van der Waals surface area contributed by atoms with Crippen molar-refractivity contribution in [3.8, 4) is 6.19 Å². The van der Waals surface area contributed by atoms with Crippen LogP contribution < -0.4 is 10.6 Å². The number of pyridine rings is 1. The Hall–Kier alpha value is -2.24. The van der Waals surface area contributed by atoms with Gasteiger partial charge in [0.15, 0.2) is 6.19 Å². The molecule has 1 aliphatic rings. The van der Waals surface area contributed by atoms with Crippen LogP contribution in [0.3, 0.4) is 0 Å². The van der Waals surface area contributed by atoms with Gasteiger partial charge in [-0.3, -0.25) is 5.32 Å². The number of nitriles is 1. The second kappa shape index (κ2) is 7.33. The van der Waals surface area contributed by atoms with Gasteiger partial charge in [-0.1, -0.05) is 6.07 Å². The van der Waals surface area contributed by atoms with Gasteiger partial charge in [0.2, 0.25) is 11.9 Å². The first-order valence-electron chi connectivity index (χ1n) is 8.26. The quantitative estimate of drug-likeness (QED) is 0.250. The Morgan fingerprint density at radius 1 is 1.40 bits per heavy atom. The monoisotopic (exact) mass is 348 g/mol. The molecule has 0 aromatic carbocycles. The third-order valence-corrected chi connectivity index (χ3v) is 4.42. The smallest absolute Gasteiger partial charge is 0.214 e. The van der Waals surface area contributed by atoms with Crippen LogP contribution in [0.15, 0.2) is 23.2 Å². The standard InChI is InChI=1S/C17H25FN6O/c1-16(2)9-8-12(10-17(3,4)24(16)25)21-15(20-11-19)23-14-7-5-6-13(18)22-14/h5-7,12,25H,8-10H2,1-4H3,(H2,20,21,22,23). The SMILES string of the molecule is CC1(C)CCC(N=C(NC#N)Nc2cccc(F)n2)CC(C)(C)N1O. The number of guanidine groups is 1. The molecule has 1 atom stereocenters. The lowest BCUT2D eigenvalue weighted by atomic mass is 9.94. The molecule has 3 N–H and O–H groups in total. The molecular weight excluding hydrogens is 323 g/mol. The Kier molecular flexibility index (Phi) is 5.60. The summed E-state index contributed by atoms with van der Waals surface area (Å²) in [7, 11) is 0. The second-order valence-electron chi connectivity index (χ2n) is 7.52. The fourth-order valence-electron chi connectivity index (χ4n) is 3.25. The van der Waals surface area contributed by atoms with Crippen LogP contribution >= 0.6 is 0 Å². The predicted molar refractivity (Wildman–Crippen MR) is 93.4 cm³/mol. The maximum absolute atomic E-state index is 13.2. The number of hydrogen-bond acceptors (Lipinski definition) is 5. The van der Waals surface area contributed by atoms with Crippen molar-refractivity contribution in [2.24, 2.45) is 4.99 Å². The Labute approximate surface area is 147 Å². The fraction of sp³-hybridized carbons (Fsp3) is 0.588. The number of nitrogens with zero attached hydrogens (tertiary/aromatic N) is 4. The number of nitrogens with one attached hydrogen (secondary N) is 2. The minimum absolute atomic E-state index is 0.108. The van der Waals surface area contributed by atoms with Gasteiger partial charge in [0.1, 0.15) is 5.82 Å². The molecule has 8 heteroatoms. The van der Waals surface area contributed by atoms with Crippen LogP contribution in [0.5, 0.6) is 0 Å². The minimum atomic E-state index is -0.616. The molecule has 2 rings (SSSR count). The summed E-state index contributed by atoms with van der Waals surface area (Å²) in [5, 5.41) is 26.2. The van der Waals surface area contributed by atoms with Crippen molar-refractivity contribution in [2.45, 2.75) is 64.1 Å². The first kappa shape index (κ1) is 19.1. The van der Waals surface area contributed by atoms with E-state index in [-0.39, 0.29) is 23.4 Å². The van der Waals surface area contributed by atoms with Crippen LogP contribution in [0, 0.1) is 17.4 Å². The van der Waals surface area contributed by atoms with E-state index in [0.717, 1.165) is 12.8 Å². The molecule has 0 spiro atoms. The Balaban J connectivity index is 2.23. The van der Waals surface area contributed by atoms with Gasteiger partial charge in [0, 0.05) is 11.1 Å². The van der Waals surface area contributed by atoms with E-state index >= 15 is 0 Å². The summed E-state index contributed by atoms with van der Waals surface area (Å²) in [5.41, 5.74) is -0.836. The zero-order chi connectivity index (χ0) is 18.7. The zero-order valence-electron chi connectivity index (χ0n) is 15.0. The molecule has 136 valence electrons. The summed E-state index contributed by atoms with van der Waals surface area (Å²) in [6.45, 7) is 7.90.